The van der Waals surface area contributed by atoms with Gasteiger partial charge in [-0.25, -0.2) is 10.2 Å². The van der Waals surface area contributed by atoms with Gasteiger partial charge in [0.1, 0.15) is 18.1 Å². The SMILES string of the molecule is C=CCOc1ccc(C(=O)N/N=C/c2cc(Br)ccc2OC(=O)/C=C/c2ccccc2)cc1. The Bertz CT molecular complexity index is 1170. The van der Waals surface area contributed by atoms with E-state index >= 15 is 0 Å². The van der Waals surface area contributed by atoms with Crippen LogP contribution in [0.2, 0.25) is 0 Å². The zero-order valence-electron chi connectivity index (χ0n) is 17.6. The molecule has 0 aliphatic rings. The van der Waals surface area contributed by atoms with Crippen molar-refractivity contribution in [3.63, 3.8) is 0 Å². The van der Waals surface area contributed by atoms with E-state index in [0.29, 0.717) is 29.2 Å². The maximum absolute atomic E-state index is 12.3. The highest BCUT2D eigenvalue weighted by molar-refractivity contribution is 9.10. The van der Waals surface area contributed by atoms with E-state index in [1.54, 1.807) is 54.6 Å². The predicted molar refractivity (Wildman–Crippen MR) is 132 cm³/mol. The van der Waals surface area contributed by atoms with Gasteiger partial charge in [0.2, 0.25) is 0 Å². The van der Waals surface area contributed by atoms with Crippen LogP contribution in [-0.2, 0) is 4.79 Å². The number of nitrogens with zero attached hydrogens (tertiary/aromatic N) is 1. The summed E-state index contributed by atoms with van der Waals surface area (Å²) in [5.41, 5.74) is 4.28. The quantitative estimate of drug-likeness (QED) is 0.106. The molecule has 0 radical (unpaired) electrons. The normalized spacial score (nSPS) is 10.8. The Labute approximate surface area is 200 Å². The van der Waals surface area contributed by atoms with Gasteiger partial charge in [-0.3, -0.25) is 4.79 Å². The number of rotatable bonds is 9. The maximum Gasteiger partial charge on any atom is 0.336 e. The van der Waals surface area contributed by atoms with Gasteiger partial charge >= 0.3 is 5.97 Å². The maximum atomic E-state index is 12.3. The van der Waals surface area contributed by atoms with Gasteiger partial charge < -0.3 is 9.47 Å². The van der Waals surface area contributed by atoms with Crippen molar-refractivity contribution in [3.8, 4) is 11.5 Å². The number of halogens is 1. The van der Waals surface area contributed by atoms with Gasteiger partial charge in [-0.15, -0.1) is 0 Å². The lowest BCUT2D eigenvalue weighted by Gasteiger charge is -2.07. The third-order valence-electron chi connectivity index (χ3n) is 4.25. The number of hydrogen-bond acceptors (Lipinski definition) is 5. The summed E-state index contributed by atoms with van der Waals surface area (Å²) < 4.78 is 11.6. The van der Waals surface area contributed by atoms with Gasteiger partial charge in [-0.1, -0.05) is 58.9 Å². The fourth-order valence-electron chi connectivity index (χ4n) is 2.67. The molecule has 33 heavy (non-hydrogen) atoms. The molecule has 6 nitrogen and oxygen atoms in total. The lowest BCUT2D eigenvalue weighted by molar-refractivity contribution is -0.128. The Kier molecular flexibility index (Phi) is 8.73. The molecule has 0 heterocycles. The molecule has 1 amide bonds. The number of nitrogens with one attached hydrogen (secondary N) is 1. The summed E-state index contributed by atoms with van der Waals surface area (Å²) in [5, 5.41) is 3.99. The van der Waals surface area contributed by atoms with E-state index in [2.05, 4.69) is 33.0 Å². The van der Waals surface area contributed by atoms with E-state index in [1.807, 2.05) is 30.3 Å². The van der Waals surface area contributed by atoms with Crippen molar-refractivity contribution >= 4 is 40.1 Å². The molecule has 1 N–H and O–H groups in total. The fourth-order valence-corrected chi connectivity index (χ4v) is 3.05. The Hall–Kier alpha value is -3.97. The molecule has 0 aliphatic heterocycles. The standard InChI is InChI=1S/C26H21BrN2O4/c1-2-16-32-23-12-9-20(10-13-23)26(31)29-28-18-21-17-22(27)11-14-24(21)33-25(30)15-8-19-6-4-3-5-7-19/h2-15,17-18H,1,16H2,(H,29,31)/b15-8+,28-18+. The average Bonchev–Trinajstić information content (AvgIpc) is 2.84. The number of benzene rings is 3. The molecule has 0 aliphatic carbocycles. The topological polar surface area (TPSA) is 77.0 Å². The first-order chi connectivity index (χ1) is 16.0. The smallest absolute Gasteiger partial charge is 0.336 e. The van der Waals surface area contributed by atoms with E-state index in [-0.39, 0.29) is 5.91 Å². The third-order valence-corrected chi connectivity index (χ3v) is 4.74. The van der Waals surface area contributed by atoms with Crippen molar-refractivity contribution in [1.29, 1.82) is 0 Å². The number of esters is 1. The number of hydrogen-bond donors (Lipinski definition) is 1. The molecule has 7 heteroatoms. The second kappa shape index (κ2) is 12.2. The summed E-state index contributed by atoms with van der Waals surface area (Å²) in [7, 11) is 0. The van der Waals surface area contributed by atoms with E-state index in [4.69, 9.17) is 9.47 Å². The van der Waals surface area contributed by atoms with Crippen LogP contribution in [0.4, 0.5) is 0 Å². The Morgan fingerprint density at radius 3 is 2.52 bits per heavy atom. The summed E-state index contributed by atoms with van der Waals surface area (Å²) >= 11 is 3.38. The van der Waals surface area contributed by atoms with Crippen molar-refractivity contribution in [3.05, 3.63) is 113 Å². The first-order valence-electron chi connectivity index (χ1n) is 9.97. The van der Waals surface area contributed by atoms with Crippen molar-refractivity contribution < 1.29 is 19.1 Å². The van der Waals surface area contributed by atoms with Crippen LogP contribution in [0.25, 0.3) is 6.08 Å². The highest BCUT2D eigenvalue weighted by Gasteiger charge is 2.08. The number of hydrazone groups is 1. The van der Waals surface area contributed by atoms with Gasteiger partial charge in [0.25, 0.3) is 5.91 Å². The third kappa shape index (κ3) is 7.59. The van der Waals surface area contributed by atoms with Crippen LogP contribution in [0.3, 0.4) is 0 Å². The number of ether oxygens (including phenoxy) is 2. The van der Waals surface area contributed by atoms with Gasteiger partial charge in [0.05, 0.1) is 6.21 Å². The molecule has 3 aromatic rings. The molecule has 0 saturated heterocycles. The zero-order valence-corrected chi connectivity index (χ0v) is 19.2. The summed E-state index contributed by atoms with van der Waals surface area (Å²) in [6.07, 6.45) is 6.07. The van der Waals surface area contributed by atoms with Gasteiger partial charge in [-0.05, 0) is 54.1 Å². The zero-order chi connectivity index (χ0) is 23.5. The second-order valence-corrected chi connectivity index (χ2v) is 7.59. The van der Waals surface area contributed by atoms with Crippen LogP contribution in [0.15, 0.2) is 101 Å². The molecule has 0 saturated carbocycles. The molecular weight excluding hydrogens is 484 g/mol. The van der Waals surface area contributed by atoms with E-state index in [1.165, 1.54) is 12.3 Å². The van der Waals surface area contributed by atoms with Crippen LogP contribution in [0, 0.1) is 0 Å². The summed E-state index contributed by atoms with van der Waals surface area (Å²) in [4.78, 5) is 24.6. The molecule has 0 atom stereocenters. The van der Waals surface area contributed by atoms with Gasteiger partial charge in [-0.2, -0.15) is 5.10 Å². The van der Waals surface area contributed by atoms with E-state index in [9.17, 15) is 9.59 Å². The number of carbonyl (C=O) groups excluding carboxylic acids is 2. The van der Waals surface area contributed by atoms with E-state index in [0.717, 1.165) is 10.0 Å². The van der Waals surface area contributed by atoms with Crippen LogP contribution in [0.5, 0.6) is 11.5 Å². The fraction of sp³-hybridized carbons (Fsp3) is 0.0385. The second-order valence-electron chi connectivity index (χ2n) is 6.67. The summed E-state index contributed by atoms with van der Waals surface area (Å²) in [6, 6.07) is 21.2. The molecule has 166 valence electrons. The Balaban J connectivity index is 1.63. The van der Waals surface area contributed by atoms with Crippen LogP contribution >= 0.6 is 15.9 Å². The van der Waals surface area contributed by atoms with Crippen molar-refractivity contribution in [2.75, 3.05) is 6.61 Å². The molecule has 3 rings (SSSR count). The minimum Gasteiger partial charge on any atom is -0.490 e. The van der Waals surface area contributed by atoms with Crippen molar-refractivity contribution in [2.24, 2.45) is 5.10 Å². The average molecular weight is 505 g/mol. The number of amides is 1. The number of carbonyl (C=O) groups is 2. The molecule has 0 unspecified atom stereocenters. The molecule has 0 fully saturated rings. The van der Waals surface area contributed by atoms with Crippen molar-refractivity contribution in [2.45, 2.75) is 0 Å². The van der Waals surface area contributed by atoms with Crippen LogP contribution < -0.4 is 14.9 Å². The minimum absolute atomic E-state index is 0.308. The monoisotopic (exact) mass is 504 g/mol. The molecular formula is C26H21BrN2O4. The lowest BCUT2D eigenvalue weighted by Crippen LogP contribution is -2.17. The largest absolute Gasteiger partial charge is 0.490 e. The van der Waals surface area contributed by atoms with Crippen LogP contribution in [0.1, 0.15) is 21.5 Å². The van der Waals surface area contributed by atoms with Gasteiger partial charge in [0.15, 0.2) is 0 Å². The first-order valence-corrected chi connectivity index (χ1v) is 10.8. The highest BCUT2D eigenvalue weighted by atomic mass is 79.9. The summed E-state index contributed by atoms with van der Waals surface area (Å²) in [5.74, 6) is 0.0268. The van der Waals surface area contributed by atoms with Crippen LogP contribution in [-0.4, -0.2) is 24.7 Å². The lowest BCUT2D eigenvalue weighted by atomic mass is 10.2. The molecule has 3 aromatic carbocycles. The predicted octanol–water partition coefficient (Wildman–Crippen LogP) is 5.40. The minimum atomic E-state index is -0.529. The first kappa shape index (κ1) is 23.7. The Morgan fingerprint density at radius 1 is 1.03 bits per heavy atom. The Morgan fingerprint density at radius 2 is 1.79 bits per heavy atom. The van der Waals surface area contributed by atoms with Crippen molar-refractivity contribution in [1.82, 2.24) is 5.43 Å². The molecule has 0 aromatic heterocycles. The molecule has 0 bridgehead atoms. The molecule has 0 spiro atoms. The van der Waals surface area contributed by atoms with Gasteiger partial charge in [0, 0.05) is 21.7 Å². The highest BCUT2D eigenvalue weighted by Crippen LogP contribution is 2.22. The van der Waals surface area contributed by atoms with E-state index < -0.39 is 5.97 Å². The summed E-state index contributed by atoms with van der Waals surface area (Å²) in [6.45, 7) is 3.98.